The van der Waals surface area contributed by atoms with E-state index in [1.165, 1.54) is 0 Å². The number of aliphatic carboxylic acids is 1. The van der Waals surface area contributed by atoms with Crippen molar-refractivity contribution in [2.24, 2.45) is 13.0 Å². The fourth-order valence-electron chi connectivity index (χ4n) is 4.21. The zero-order chi connectivity index (χ0) is 17.8. The van der Waals surface area contributed by atoms with Gasteiger partial charge in [-0.2, -0.15) is 0 Å². The van der Waals surface area contributed by atoms with E-state index < -0.39 is 5.97 Å². The predicted octanol–water partition coefficient (Wildman–Crippen LogP) is 0.723. The first-order chi connectivity index (χ1) is 12.0. The molecule has 1 aromatic heterocycles. The van der Waals surface area contributed by atoms with Crippen molar-refractivity contribution >= 4 is 5.97 Å². The van der Waals surface area contributed by atoms with Crippen LogP contribution in [0.5, 0.6) is 0 Å². The zero-order valence-corrected chi connectivity index (χ0v) is 15.5. The van der Waals surface area contributed by atoms with Gasteiger partial charge < -0.3 is 14.6 Å². The van der Waals surface area contributed by atoms with Crippen LogP contribution in [-0.4, -0.2) is 87.7 Å². The molecule has 0 spiro atoms. The van der Waals surface area contributed by atoms with Crippen molar-refractivity contribution in [3.05, 3.63) is 18.2 Å². The van der Waals surface area contributed by atoms with Crippen LogP contribution in [0.4, 0.5) is 0 Å². The maximum absolute atomic E-state index is 11.1. The van der Waals surface area contributed by atoms with Crippen LogP contribution in [0.15, 0.2) is 12.4 Å². The lowest BCUT2D eigenvalue weighted by molar-refractivity contribution is -0.137. The third kappa shape index (κ3) is 4.80. The van der Waals surface area contributed by atoms with Crippen LogP contribution in [-0.2, 0) is 18.4 Å². The van der Waals surface area contributed by atoms with Crippen LogP contribution in [0.1, 0.15) is 25.1 Å². The molecule has 2 saturated heterocycles. The van der Waals surface area contributed by atoms with E-state index >= 15 is 0 Å². The van der Waals surface area contributed by atoms with Crippen LogP contribution < -0.4 is 0 Å². The Labute approximate surface area is 150 Å². The molecule has 0 bridgehead atoms. The third-order valence-corrected chi connectivity index (χ3v) is 5.80. The number of carboxylic acids is 1. The first-order valence-electron chi connectivity index (χ1n) is 9.36. The molecule has 2 fully saturated rings. The van der Waals surface area contributed by atoms with Crippen molar-refractivity contribution < 1.29 is 9.90 Å². The van der Waals surface area contributed by atoms with Crippen molar-refractivity contribution in [2.45, 2.75) is 31.8 Å². The van der Waals surface area contributed by atoms with Crippen LogP contribution in [0, 0.1) is 5.92 Å². The Morgan fingerprint density at radius 2 is 2.00 bits per heavy atom. The maximum atomic E-state index is 11.1. The van der Waals surface area contributed by atoms with Gasteiger partial charge in [0.15, 0.2) is 0 Å². The molecule has 0 saturated carbocycles. The number of piperidine rings is 1. The molecule has 0 aromatic carbocycles. The van der Waals surface area contributed by atoms with Crippen molar-refractivity contribution in [1.82, 2.24) is 24.3 Å². The van der Waals surface area contributed by atoms with Gasteiger partial charge in [0.1, 0.15) is 5.82 Å². The van der Waals surface area contributed by atoms with Crippen molar-refractivity contribution in [2.75, 3.05) is 46.3 Å². The molecule has 7 nitrogen and oxygen atoms in total. The minimum absolute atomic E-state index is 0.269. The van der Waals surface area contributed by atoms with Crippen LogP contribution in [0.3, 0.4) is 0 Å². The molecule has 3 rings (SSSR count). The number of piperazine rings is 1. The van der Waals surface area contributed by atoms with Crippen LogP contribution in [0.25, 0.3) is 0 Å². The van der Waals surface area contributed by atoms with E-state index in [9.17, 15) is 4.79 Å². The summed E-state index contributed by atoms with van der Waals surface area (Å²) < 4.78 is 2.07. The summed E-state index contributed by atoms with van der Waals surface area (Å²) in [5.41, 5.74) is 0. The predicted molar refractivity (Wildman–Crippen MR) is 96.3 cm³/mol. The van der Waals surface area contributed by atoms with E-state index in [1.54, 1.807) is 0 Å². The number of carbonyl (C=O) groups is 1. The number of aryl methyl sites for hydroxylation is 1. The third-order valence-electron chi connectivity index (χ3n) is 5.80. The molecule has 1 aromatic rings. The fourth-order valence-corrected chi connectivity index (χ4v) is 4.21. The molecular weight excluding hydrogens is 318 g/mol. The van der Waals surface area contributed by atoms with Gasteiger partial charge in [-0.15, -0.1) is 0 Å². The van der Waals surface area contributed by atoms with E-state index in [0.717, 1.165) is 64.5 Å². The van der Waals surface area contributed by atoms with Gasteiger partial charge in [-0.05, 0) is 25.8 Å². The molecule has 2 aliphatic heterocycles. The Morgan fingerprint density at radius 1 is 1.24 bits per heavy atom. The molecule has 140 valence electrons. The van der Waals surface area contributed by atoms with E-state index in [1.807, 2.05) is 19.4 Å². The smallest absolute Gasteiger partial charge is 0.303 e. The molecule has 25 heavy (non-hydrogen) atoms. The topological polar surface area (TPSA) is 64.8 Å². The Bertz CT molecular complexity index is 568. The van der Waals surface area contributed by atoms with Gasteiger partial charge in [0.25, 0.3) is 0 Å². The summed E-state index contributed by atoms with van der Waals surface area (Å²) in [5, 5.41) is 9.14. The van der Waals surface area contributed by atoms with Crippen molar-refractivity contribution in [3.63, 3.8) is 0 Å². The van der Waals surface area contributed by atoms with Crippen LogP contribution in [0.2, 0.25) is 0 Å². The summed E-state index contributed by atoms with van der Waals surface area (Å²) in [6.45, 7) is 7.31. The number of likely N-dealkylation sites (tertiary alicyclic amines) is 1. The molecular formula is C18H31N5O2. The normalized spacial score (nSPS) is 26.8. The summed E-state index contributed by atoms with van der Waals surface area (Å²) in [6.07, 6.45) is 5.98. The fraction of sp³-hybridized carbons (Fsp3) is 0.778. The Hall–Kier alpha value is -1.44. The number of carboxylic acid groups (broad SMARTS) is 1. The highest BCUT2D eigenvalue weighted by molar-refractivity contribution is 5.66. The van der Waals surface area contributed by atoms with Gasteiger partial charge in [0.05, 0.1) is 6.54 Å². The first-order valence-corrected chi connectivity index (χ1v) is 9.36. The van der Waals surface area contributed by atoms with E-state index in [2.05, 4.69) is 31.3 Å². The van der Waals surface area contributed by atoms with Crippen molar-refractivity contribution in [3.8, 4) is 0 Å². The Morgan fingerprint density at radius 3 is 2.64 bits per heavy atom. The van der Waals surface area contributed by atoms with E-state index in [0.29, 0.717) is 12.0 Å². The quantitative estimate of drug-likeness (QED) is 0.817. The minimum Gasteiger partial charge on any atom is -0.481 e. The number of hydrogen-bond donors (Lipinski definition) is 1. The zero-order valence-electron chi connectivity index (χ0n) is 15.5. The summed E-state index contributed by atoms with van der Waals surface area (Å²) in [5.74, 6) is 0.821. The largest absolute Gasteiger partial charge is 0.481 e. The average Bonchev–Trinajstić information content (AvgIpc) is 2.99. The second kappa shape index (κ2) is 8.29. The molecule has 7 heteroatoms. The number of hydrogen-bond acceptors (Lipinski definition) is 5. The van der Waals surface area contributed by atoms with E-state index in [-0.39, 0.29) is 6.42 Å². The van der Waals surface area contributed by atoms with E-state index in [4.69, 9.17) is 5.11 Å². The summed E-state index contributed by atoms with van der Waals surface area (Å²) in [6, 6.07) is 0.519. The second-order valence-electron chi connectivity index (χ2n) is 7.58. The highest BCUT2D eigenvalue weighted by atomic mass is 16.4. The van der Waals surface area contributed by atoms with Gasteiger partial charge in [0.2, 0.25) is 0 Å². The molecule has 0 radical (unpaired) electrons. The van der Waals surface area contributed by atoms with Gasteiger partial charge in [-0.3, -0.25) is 14.6 Å². The lowest BCUT2D eigenvalue weighted by Crippen LogP contribution is -2.56. The van der Waals surface area contributed by atoms with Gasteiger partial charge in [0, 0.05) is 71.2 Å². The molecule has 2 atom stereocenters. The monoisotopic (exact) mass is 349 g/mol. The molecule has 0 amide bonds. The number of aromatic nitrogens is 2. The molecule has 0 unspecified atom stereocenters. The lowest BCUT2D eigenvalue weighted by Gasteiger charge is -2.46. The molecule has 1 N–H and O–H groups in total. The maximum Gasteiger partial charge on any atom is 0.303 e. The minimum atomic E-state index is -0.682. The molecule has 3 heterocycles. The Kier molecular flexibility index (Phi) is 6.09. The van der Waals surface area contributed by atoms with Gasteiger partial charge in [-0.1, -0.05) is 0 Å². The molecule has 2 aliphatic rings. The SMILES string of the molecule is CN1CCN([C@@H]2CCN(Cc3nccn3C)C[C@@H]2CCC(=O)O)CC1. The lowest BCUT2D eigenvalue weighted by atomic mass is 9.86. The standard InChI is InChI=1S/C18H31N5O2/c1-20-9-11-23(12-10-20)16-5-7-22(13-15(16)3-4-18(24)25)14-17-19-6-8-21(17)2/h6,8,15-16H,3-5,7,9-14H2,1-2H3,(H,24,25)/t15-,16+/m0/s1. The Balaban J connectivity index is 1.63. The van der Waals surface area contributed by atoms with Crippen LogP contribution >= 0.6 is 0 Å². The van der Waals surface area contributed by atoms with Gasteiger partial charge >= 0.3 is 5.97 Å². The average molecular weight is 349 g/mol. The number of rotatable bonds is 6. The number of imidazole rings is 1. The van der Waals surface area contributed by atoms with Crippen molar-refractivity contribution in [1.29, 1.82) is 0 Å². The summed E-state index contributed by atoms with van der Waals surface area (Å²) in [7, 11) is 4.20. The first kappa shape index (κ1) is 18.4. The van der Waals surface area contributed by atoms with Gasteiger partial charge in [-0.25, -0.2) is 4.98 Å². The highest BCUT2D eigenvalue weighted by Gasteiger charge is 2.34. The molecule has 0 aliphatic carbocycles. The summed E-state index contributed by atoms with van der Waals surface area (Å²) >= 11 is 0. The second-order valence-corrected chi connectivity index (χ2v) is 7.58. The number of nitrogens with zero attached hydrogens (tertiary/aromatic N) is 5. The highest BCUT2D eigenvalue weighted by Crippen LogP contribution is 2.28. The number of likely N-dealkylation sites (N-methyl/N-ethyl adjacent to an activating group) is 1. The summed E-state index contributed by atoms with van der Waals surface area (Å²) in [4.78, 5) is 23.0.